The first-order chi connectivity index (χ1) is 12.2. The van der Waals surface area contributed by atoms with Crippen LogP contribution in [0.15, 0.2) is 59.1 Å². The molecule has 3 aromatic rings. The van der Waals surface area contributed by atoms with Crippen molar-refractivity contribution in [1.82, 2.24) is 0 Å². The van der Waals surface area contributed by atoms with Crippen molar-refractivity contribution in [3.05, 3.63) is 64.6 Å². The molecule has 25 heavy (non-hydrogen) atoms. The van der Waals surface area contributed by atoms with E-state index in [1.54, 1.807) is 7.11 Å². The van der Waals surface area contributed by atoms with E-state index in [9.17, 15) is 0 Å². The molecule has 0 saturated carbocycles. The van der Waals surface area contributed by atoms with Crippen LogP contribution >= 0.6 is 15.9 Å². The van der Waals surface area contributed by atoms with Gasteiger partial charge in [0, 0.05) is 22.1 Å². The molecule has 130 valence electrons. The van der Waals surface area contributed by atoms with Crippen LogP contribution in [0.1, 0.15) is 18.9 Å². The Labute approximate surface area is 157 Å². The van der Waals surface area contributed by atoms with E-state index < -0.39 is 0 Å². The number of anilines is 1. The second-order valence-corrected chi connectivity index (χ2v) is 6.68. The van der Waals surface area contributed by atoms with Gasteiger partial charge in [0.2, 0.25) is 0 Å². The zero-order chi connectivity index (χ0) is 17.6. The molecule has 4 heteroatoms. The van der Waals surface area contributed by atoms with Crippen molar-refractivity contribution in [2.24, 2.45) is 0 Å². The van der Waals surface area contributed by atoms with Gasteiger partial charge in [-0.15, -0.1) is 0 Å². The third kappa shape index (κ3) is 4.07. The maximum Gasteiger partial charge on any atom is 0.162 e. The third-order valence-corrected chi connectivity index (χ3v) is 4.79. The zero-order valence-corrected chi connectivity index (χ0v) is 16.1. The number of methoxy groups -OCH3 is 1. The van der Waals surface area contributed by atoms with E-state index in [1.807, 2.05) is 12.1 Å². The second-order valence-electron chi connectivity index (χ2n) is 5.82. The minimum atomic E-state index is 0.677. The monoisotopic (exact) mass is 399 g/mol. The molecule has 0 atom stereocenters. The van der Waals surface area contributed by atoms with Gasteiger partial charge >= 0.3 is 0 Å². The summed E-state index contributed by atoms with van der Waals surface area (Å²) in [6, 6.07) is 18.7. The molecule has 0 aromatic heterocycles. The predicted octanol–water partition coefficient (Wildman–Crippen LogP) is 6.01. The molecule has 0 heterocycles. The second kappa shape index (κ2) is 8.26. The first kappa shape index (κ1) is 17.6. The van der Waals surface area contributed by atoms with E-state index in [0.29, 0.717) is 13.2 Å². The average Bonchev–Trinajstić information content (AvgIpc) is 2.65. The molecule has 0 aliphatic rings. The summed E-state index contributed by atoms with van der Waals surface area (Å²) in [7, 11) is 1.67. The van der Waals surface area contributed by atoms with Crippen molar-refractivity contribution in [3.63, 3.8) is 0 Å². The molecule has 1 N–H and O–H groups in total. The summed E-state index contributed by atoms with van der Waals surface area (Å²) in [5.41, 5.74) is 2.24. The minimum Gasteiger partial charge on any atom is -0.493 e. The van der Waals surface area contributed by atoms with Gasteiger partial charge in [-0.05, 0) is 35.6 Å². The van der Waals surface area contributed by atoms with E-state index in [4.69, 9.17) is 9.47 Å². The number of nitrogens with one attached hydrogen (secondary N) is 1. The number of ether oxygens (including phenoxy) is 2. The lowest BCUT2D eigenvalue weighted by atomic mass is 10.1. The van der Waals surface area contributed by atoms with Crippen LogP contribution in [-0.2, 0) is 6.54 Å². The first-order valence-corrected chi connectivity index (χ1v) is 9.23. The summed E-state index contributed by atoms with van der Waals surface area (Å²) in [5.74, 6) is 1.52. The van der Waals surface area contributed by atoms with Crippen molar-refractivity contribution in [1.29, 1.82) is 0 Å². The smallest absolute Gasteiger partial charge is 0.162 e. The quantitative estimate of drug-likeness (QED) is 0.527. The highest BCUT2D eigenvalue weighted by Crippen LogP contribution is 2.34. The van der Waals surface area contributed by atoms with Crippen molar-refractivity contribution >= 4 is 32.4 Å². The van der Waals surface area contributed by atoms with Crippen molar-refractivity contribution < 1.29 is 9.47 Å². The number of benzene rings is 3. The molecule has 0 aliphatic heterocycles. The van der Waals surface area contributed by atoms with E-state index in [-0.39, 0.29) is 0 Å². The average molecular weight is 400 g/mol. The Morgan fingerprint density at radius 1 is 1.00 bits per heavy atom. The summed E-state index contributed by atoms with van der Waals surface area (Å²) in [6.07, 6.45) is 0.963. The SMILES string of the molecule is CCCOc1cc(Br)c(CNc2cccc3ccccc23)cc1OC. The van der Waals surface area contributed by atoms with Gasteiger partial charge in [-0.1, -0.05) is 59.3 Å². The molecule has 0 saturated heterocycles. The normalized spacial score (nSPS) is 10.7. The van der Waals surface area contributed by atoms with Crippen molar-refractivity contribution in [2.75, 3.05) is 19.0 Å². The van der Waals surface area contributed by atoms with Crippen LogP contribution in [0.5, 0.6) is 11.5 Å². The maximum atomic E-state index is 5.76. The molecule has 0 unspecified atom stereocenters. The molecular formula is C21H22BrNO2. The lowest BCUT2D eigenvalue weighted by molar-refractivity contribution is 0.294. The van der Waals surface area contributed by atoms with Crippen LogP contribution in [0.25, 0.3) is 10.8 Å². The minimum absolute atomic E-state index is 0.677. The summed E-state index contributed by atoms with van der Waals surface area (Å²) in [5, 5.41) is 5.98. The fourth-order valence-corrected chi connectivity index (χ4v) is 3.23. The third-order valence-electron chi connectivity index (χ3n) is 4.05. The van der Waals surface area contributed by atoms with Crippen molar-refractivity contribution in [3.8, 4) is 11.5 Å². The molecular weight excluding hydrogens is 378 g/mol. The predicted molar refractivity (Wildman–Crippen MR) is 108 cm³/mol. The van der Waals surface area contributed by atoms with E-state index in [1.165, 1.54) is 10.8 Å². The highest BCUT2D eigenvalue weighted by atomic mass is 79.9. The van der Waals surface area contributed by atoms with Gasteiger partial charge < -0.3 is 14.8 Å². The van der Waals surface area contributed by atoms with E-state index in [2.05, 4.69) is 70.6 Å². The number of fused-ring (bicyclic) bond motifs is 1. The number of halogens is 1. The van der Waals surface area contributed by atoms with Crippen LogP contribution in [0, 0.1) is 0 Å². The summed E-state index contributed by atoms with van der Waals surface area (Å²) in [6.45, 7) is 3.46. The van der Waals surface area contributed by atoms with Crippen LogP contribution in [0.3, 0.4) is 0 Å². The van der Waals surface area contributed by atoms with Crippen molar-refractivity contribution in [2.45, 2.75) is 19.9 Å². The summed E-state index contributed by atoms with van der Waals surface area (Å²) >= 11 is 3.65. The van der Waals surface area contributed by atoms with E-state index in [0.717, 1.165) is 33.6 Å². The van der Waals surface area contributed by atoms with Gasteiger partial charge in [-0.25, -0.2) is 0 Å². The molecule has 0 bridgehead atoms. The molecule has 0 aliphatic carbocycles. The Morgan fingerprint density at radius 3 is 2.60 bits per heavy atom. The Kier molecular flexibility index (Phi) is 5.82. The van der Waals surface area contributed by atoms with Gasteiger partial charge in [-0.3, -0.25) is 0 Å². The zero-order valence-electron chi connectivity index (χ0n) is 14.5. The molecule has 0 spiro atoms. The molecule has 0 amide bonds. The number of hydrogen-bond acceptors (Lipinski definition) is 3. The maximum absolute atomic E-state index is 5.76. The molecule has 0 fully saturated rings. The lowest BCUT2D eigenvalue weighted by Gasteiger charge is -2.15. The Bertz CT molecular complexity index is 858. The molecule has 3 aromatic carbocycles. The highest BCUT2D eigenvalue weighted by molar-refractivity contribution is 9.10. The standard InChI is InChI=1S/C21H22BrNO2/c1-3-11-25-21-13-18(22)16(12-20(21)24-2)14-23-19-10-6-8-15-7-4-5-9-17(15)19/h4-10,12-13,23H,3,11,14H2,1-2H3. The fraction of sp³-hybridized carbons (Fsp3) is 0.238. The first-order valence-electron chi connectivity index (χ1n) is 8.43. The lowest BCUT2D eigenvalue weighted by Crippen LogP contribution is -2.03. The van der Waals surface area contributed by atoms with Gasteiger partial charge in [-0.2, -0.15) is 0 Å². The van der Waals surface area contributed by atoms with Crippen LogP contribution < -0.4 is 14.8 Å². The van der Waals surface area contributed by atoms with E-state index >= 15 is 0 Å². The Balaban J connectivity index is 1.83. The summed E-state index contributed by atoms with van der Waals surface area (Å²) < 4.78 is 12.3. The molecule has 3 nitrogen and oxygen atoms in total. The van der Waals surface area contributed by atoms with Gasteiger partial charge in [0.15, 0.2) is 11.5 Å². The number of rotatable bonds is 7. The topological polar surface area (TPSA) is 30.5 Å². The van der Waals surface area contributed by atoms with Gasteiger partial charge in [0.1, 0.15) is 0 Å². The molecule has 0 radical (unpaired) electrons. The largest absolute Gasteiger partial charge is 0.493 e. The fourth-order valence-electron chi connectivity index (χ4n) is 2.77. The molecule has 3 rings (SSSR count). The van der Waals surface area contributed by atoms with Crippen LogP contribution in [-0.4, -0.2) is 13.7 Å². The van der Waals surface area contributed by atoms with Crippen LogP contribution in [0.2, 0.25) is 0 Å². The Morgan fingerprint density at radius 2 is 1.80 bits per heavy atom. The highest BCUT2D eigenvalue weighted by Gasteiger charge is 2.11. The van der Waals surface area contributed by atoms with Gasteiger partial charge in [0.25, 0.3) is 0 Å². The van der Waals surface area contributed by atoms with Gasteiger partial charge in [0.05, 0.1) is 13.7 Å². The number of hydrogen-bond donors (Lipinski definition) is 1. The Hall–Kier alpha value is -2.20. The summed E-state index contributed by atoms with van der Waals surface area (Å²) in [4.78, 5) is 0. The van der Waals surface area contributed by atoms with Crippen LogP contribution in [0.4, 0.5) is 5.69 Å².